The van der Waals surface area contributed by atoms with Gasteiger partial charge < -0.3 is 5.32 Å². The fourth-order valence-electron chi connectivity index (χ4n) is 3.57. The Bertz CT molecular complexity index is 1470. The summed E-state index contributed by atoms with van der Waals surface area (Å²) in [4.78, 5) is 16.0. The molecule has 5 nitrogen and oxygen atoms in total. The largest absolute Gasteiger partial charge is 0.363 e. The maximum atomic E-state index is 15.2. The van der Waals surface area contributed by atoms with E-state index in [2.05, 4.69) is 25.1 Å². The molecule has 0 amide bonds. The van der Waals surface area contributed by atoms with Crippen LogP contribution in [0.3, 0.4) is 0 Å². The molecule has 5 aromatic rings. The monoisotopic (exact) mass is 405 g/mol. The first-order valence-corrected chi connectivity index (χ1v) is 9.71. The van der Waals surface area contributed by atoms with E-state index in [-0.39, 0.29) is 11.5 Å². The molecule has 0 aliphatic heterocycles. The van der Waals surface area contributed by atoms with Crippen molar-refractivity contribution in [1.82, 2.24) is 15.0 Å². The minimum Gasteiger partial charge on any atom is -0.363 e. The lowest BCUT2D eigenvalue weighted by molar-refractivity contribution is 0.621. The predicted octanol–water partition coefficient (Wildman–Crippen LogP) is 6.15. The molecule has 148 valence electrons. The minimum atomic E-state index is -0.492. The predicted molar refractivity (Wildman–Crippen MR) is 120 cm³/mol. The van der Waals surface area contributed by atoms with Crippen LogP contribution in [0.1, 0.15) is 5.56 Å². The molecule has 0 aliphatic carbocycles. The zero-order valence-electron chi connectivity index (χ0n) is 16.4. The van der Waals surface area contributed by atoms with Crippen molar-refractivity contribution in [3.8, 4) is 11.3 Å². The first kappa shape index (κ1) is 18.6. The molecule has 0 aliphatic rings. The number of benzene rings is 3. The molecule has 2 aromatic heterocycles. The third-order valence-corrected chi connectivity index (χ3v) is 5.14. The smallest absolute Gasteiger partial charge is 0.191 e. The van der Waals surface area contributed by atoms with Gasteiger partial charge in [0, 0.05) is 23.7 Å². The standard InChI is InChI=1S/C25H16FN5/c1-27-21-8-6-17-11-16(4-5-18(17)13-21)14-29-25-23(26)24(30-15-31-25)20-7-9-22-19(12-20)3-2-10-28-22/h2-13,15H,14H2,(H,29,30,31). The van der Waals surface area contributed by atoms with E-state index in [1.165, 1.54) is 6.33 Å². The van der Waals surface area contributed by atoms with Crippen molar-refractivity contribution >= 4 is 33.2 Å². The van der Waals surface area contributed by atoms with Crippen molar-refractivity contribution in [2.24, 2.45) is 0 Å². The van der Waals surface area contributed by atoms with Gasteiger partial charge in [0.25, 0.3) is 0 Å². The van der Waals surface area contributed by atoms with Gasteiger partial charge in [-0.3, -0.25) is 4.98 Å². The summed E-state index contributed by atoms with van der Waals surface area (Å²) >= 11 is 0. The van der Waals surface area contributed by atoms with Gasteiger partial charge in [0.15, 0.2) is 17.3 Å². The first-order chi connectivity index (χ1) is 15.2. The van der Waals surface area contributed by atoms with E-state index >= 15 is 4.39 Å². The Kier molecular flexibility index (Phi) is 4.70. The molecule has 0 radical (unpaired) electrons. The highest BCUT2D eigenvalue weighted by Gasteiger charge is 2.13. The number of fused-ring (bicyclic) bond motifs is 2. The van der Waals surface area contributed by atoms with Crippen LogP contribution in [0.25, 0.3) is 37.8 Å². The van der Waals surface area contributed by atoms with Gasteiger partial charge in [-0.25, -0.2) is 19.2 Å². The summed E-state index contributed by atoms with van der Waals surface area (Å²) in [5.41, 5.74) is 3.36. The second kappa shape index (κ2) is 7.81. The number of hydrogen-bond acceptors (Lipinski definition) is 4. The zero-order chi connectivity index (χ0) is 21.2. The molecule has 0 saturated carbocycles. The minimum absolute atomic E-state index is 0.153. The second-order valence-electron chi connectivity index (χ2n) is 7.13. The van der Waals surface area contributed by atoms with Gasteiger partial charge >= 0.3 is 0 Å². The summed E-state index contributed by atoms with van der Waals surface area (Å²) < 4.78 is 15.2. The third-order valence-electron chi connectivity index (χ3n) is 5.14. The highest BCUT2D eigenvalue weighted by molar-refractivity contribution is 5.86. The average Bonchev–Trinajstić information content (AvgIpc) is 2.82. The van der Waals surface area contributed by atoms with E-state index in [4.69, 9.17) is 6.57 Å². The van der Waals surface area contributed by atoms with Gasteiger partial charge in [0.1, 0.15) is 12.0 Å². The zero-order valence-corrected chi connectivity index (χ0v) is 16.4. The number of nitrogens with zero attached hydrogens (tertiary/aromatic N) is 4. The Balaban J connectivity index is 1.41. The van der Waals surface area contributed by atoms with Crippen molar-refractivity contribution in [3.05, 3.63) is 102 Å². The van der Waals surface area contributed by atoms with Crippen molar-refractivity contribution < 1.29 is 4.39 Å². The lowest BCUT2D eigenvalue weighted by Gasteiger charge is -2.10. The Morgan fingerprint density at radius 1 is 0.871 bits per heavy atom. The van der Waals surface area contributed by atoms with Gasteiger partial charge in [-0.05, 0) is 46.7 Å². The average molecular weight is 405 g/mol. The van der Waals surface area contributed by atoms with Crippen LogP contribution in [-0.4, -0.2) is 15.0 Å². The lowest BCUT2D eigenvalue weighted by atomic mass is 10.1. The van der Waals surface area contributed by atoms with Gasteiger partial charge in [-0.2, -0.15) is 0 Å². The van der Waals surface area contributed by atoms with E-state index in [0.29, 0.717) is 17.8 Å². The second-order valence-corrected chi connectivity index (χ2v) is 7.13. The number of halogens is 1. The Morgan fingerprint density at radius 2 is 1.74 bits per heavy atom. The van der Waals surface area contributed by atoms with Crippen LogP contribution in [0.2, 0.25) is 0 Å². The van der Waals surface area contributed by atoms with Crippen LogP contribution in [0.4, 0.5) is 15.9 Å². The van der Waals surface area contributed by atoms with E-state index in [1.807, 2.05) is 60.7 Å². The van der Waals surface area contributed by atoms with E-state index in [9.17, 15) is 0 Å². The summed E-state index contributed by atoms with van der Waals surface area (Å²) in [7, 11) is 0. The highest BCUT2D eigenvalue weighted by Crippen LogP contribution is 2.27. The normalized spacial score (nSPS) is 10.8. The number of pyridine rings is 1. The number of anilines is 1. The van der Waals surface area contributed by atoms with Crippen molar-refractivity contribution in [2.75, 3.05) is 5.32 Å². The Hall–Kier alpha value is -4.37. The molecule has 0 fully saturated rings. The summed E-state index contributed by atoms with van der Waals surface area (Å²) in [6, 6.07) is 20.8. The maximum absolute atomic E-state index is 15.2. The topological polar surface area (TPSA) is 55.1 Å². The summed E-state index contributed by atoms with van der Waals surface area (Å²) in [6.07, 6.45) is 3.09. The molecular formula is C25H16FN5. The molecule has 5 rings (SSSR count). The Labute approximate surface area is 178 Å². The fourth-order valence-corrected chi connectivity index (χ4v) is 3.57. The molecule has 0 saturated heterocycles. The molecule has 2 heterocycles. The third kappa shape index (κ3) is 3.65. The molecule has 0 unspecified atom stereocenters. The van der Waals surface area contributed by atoms with E-state index < -0.39 is 5.82 Å². The van der Waals surface area contributed by atoms with Gasteiger partial charge in [0.05, 0.1) is 12.1 Å². The van der Waals surface area contributed by atoms with Gasteiger partial charge in [0.2, 0.25) is 0 Å². The van der Waals surface area contributed by atoms with Crippen LogP contribution < -0.4 is 5.32 Å². The van der Waals surface area contributed by atoms with Crippen molar-refractivity contribution in [1.29, 1.82) is 0 Å². The summed E-state index contributed by atoms with van der Waals surface area (Å²) in [5.74, 6) is -0.340. The number of aromatic nitrogens is 3. The van der Waals surface area contributed by atoms with E-state index in [0.717, 1.165) is 27.2 Å². The summed E-state index contributed by atoms with van der Waals surface area (Å²) in [5, 5.41) is 6.02. The van der Waals surface area contributed by atoms with E-state index in [1.54, 1.807) is 12.3 Å². The molecule has 1 N–H and O–H groups in total. The van der Waals surface area contributed by atoms with Crippen LogP contribution in [-0.2, 0) is 6.54 Å². The number of nitrogens with one attached hydrogen (secondary N) is 1. The van der Waals surface area contributed by atoms with Crippen LogP contribution in [0.15, 0.2) is 79.3 Å². The SMILES string of the molecule is [C-]#[N+]c1ccc2cc(CNc3ncnc(-c4ccc5ncccc5c4)c3F)ccc2c1. The van der Waals surface area contributed by atoms with Gasteiger partial charge in [-0.1, -0.05) is 36.4 Å². The molecule has 0 bridgehead atoms. The van der Waals surface area contributed by atoms with Crippen LogP contribution in [0, 0.1) is 12.4 Å². The van der Waals surface area contributed by atoms with Gasteiger partial charge in [-0.15, -0.1) is 0 Å². The molecule has 3 aromatic carbocycles. The highest BCUT2D eigenvalue weighted by atomic mass is 19.1. The summed E-state index contributed by atoms with van der Waals surface area (Å²) in [6.45, 7) is 7.54. The maximum Gasteiger partial charge on any atom is 0.191 e. The molecule has 0 spiro atoms. The first-order valence-electron chi connectivity index (χ1n) is 9.71. The van der Waals surface area contributed by atoms with Crippen LogP contribution >= 0.6 is 0 Å². The van der Waals surface area contributed by atoms with Crippen LogP contribution in [0.5, 0.6) is 0 Å². The molecule has 6 heteroatoms. The van der Waals surface area contributed by atoms with Crippen molar-refractivity contribution in [3.63, 3.8) is 0 Å². The quantitative estimate of drug-likeness (QED) is 0.365. The number of rotatable bonds is 4. The lowest BCUT2D eigenvalue weighted by Crippen LogP contribution is -2.05. The van der Waals surface area contributed by atoms with Crippen molar-refractivity contribution in [2.45, 2.75) is 6.54 Å². The fraction of sp³-hybridized carbons (Fsp3) is 0.0400. The Morgan fingerprint density at radius 3 is 2.65 bits per heavy atom. The molecule has 31 heavy (non-hydrogen) atoms. The molecular weight excluding hydrogens is 389 g/mol. The molecule has 0 atom stereocenters. The number of hydrogen-bond donors (Lipinski definition) is 1.